The molecule has 0 saturated carbocycles. The van der Waals surface area contributed by atoms with Crippen molar-refractivity contribution >= 4 is 34.8 Å². The zero-order valence-electron chi connectivity index (χ0n) is 36.5. The summed E-state index contributed by atoms with van der Waals surface area (Å²) in [6.07, 6.45) is 21.3. The van der Waals surface area contributed by atoms with Crippen LogP contribution in [-0.4, -0.2) is 63.0 Å². The van der Waals surface area contributed by atoms with Gasteiger partial charge in [-0.1, -0.05) is 171 Å². The van der Waals surface area contributed by atoms with E-state index in [1.807, 2.05) is 66.9 Å². The van der Waals surface area contributed by atoms with Crippen molar-refractivity contribution in [1.29, 1.82) is 0 Å². The first-order valence-corrected chi connectivity index (χ1v) is 22.5. The number of esters is 2. The summed E-state index contributed by atoms with van der Waals surface area (Å²) in [7, 11) is 0. The van der Waals surface area contributed by atoms with Gasteiger partial charge in [0.15, 0.2) is 16.9 Å². The number of anilines is 1. The average molecular weight is 827 g/mol. The van der Waals surface area contributed by atoms with Crippen LogP contribution in [0.1, 0.15) is 146 Å². The third-order valence-corrected chi connectivity index (χ3v) is 10.9. The monoisotopic (exact) mass is 827 g/mol. The van der Waals surface area contributed by atoms with Crippen LogP contribution in [0, 0.1) is 11.8 Å². The standard InChI is InChI=1S/C48H70N6O6/c1-4-5-6-7-8-9-10-11-12-13-14-15-16-17-24-29-42(56)59-35-39(30-31-58-47(57)43(37(2)3)50-32-41(55)40-27-22-19-23-28-40)33-54-36-51-44-45(54)52-48(49)53-46(44)60-34-38-25-20-18-21-26-38/h18-23,25-28,36-37,39,43,50H,4-17,24,29-35H2,1-3H3,(H2,49,52,53)/t39-,43+/m1/s1. The zero-order chi connectivity index (χ0) is 42.8. The van der Waals surface area contributed by atoms with E-state index in [0.29, 0.717) is 36.1 Å². The summed E-state index contributed by atoms with van der Waals surface area (Å²) in [6.45, 7) is 6.96. The van der Waals surface area contributed by atoms with E-state index < -0.39 is 12.0 Å². The highest BCUT2D eigenvalue weighted by Crippen LogP contribution is 2.25. The summed E-state index contributed by atoms with van der Waals surface area (Å²) in [5.74, 6) is -0.815. The molecule has 0 aliphatic carbocycles. The molecule has 0 amide bonds. The van der Waals surface area contributed by atoms with E-state index >= 15 is 0 Å². The quantitative estimate of drug-likeness (QED) is 0.0274. The van der Waals surface area contributed by atoms with Crippen LogP contribution in [0.2, 0.25) is 0 Å². The Labute approximate surface area is 357 Å². The number of carbonyl (C=O) groups excluding carboxylic acids is 3. The normalized spacial score (nSPS) is 12.4. The van der Waals surface area contributed by atoms with Gasteiger partial charge in [0.2, 0.25) is 11.8 Å². The van der Waals surface area contributed by atoms with E-state index in [-0.39, 0.29) is 61.8 Å². The Kier molecular flexibility index (Phi) is 22.2. The van der Waals surface area contributed by atoms with Crippen molar-refractivity contribution in [2.75, 3.05) is 25.5 Å². The largest absolute Gasteiger partial charge is 0.471 e. The lowest BCUT2D eigenvalue weighted by atomic mass is 10.0. The number of rotatable bonds is 32. The summed E-state index contributed by atoms with van der Waals surface area (Å²) in [4.78, 5) is 52.3. The van der Waals surface area contributed by atoms with Crippen molar-refractivity contribution in [2.45, 2.75) is 149 Å². The summed E-state index contributed by atoms with van der Waals surface area (Å²) < 4.78 is 19.5. The fourth-order valence-electron chi connectivity index (χ4n) is 7.26. The molecule has 2 aromatic heterocycles. The molecule has 0 aliphatic rings. The average Bonchev–Trinajstić information content (AvgIpc) is 3.65. The number of imidazole rings is 1. The fraction of sp³-hybridized carbons (Fsp3) is 0.583. The van der Waals surface area contributed by atoms with Crippen molar-refractivity contribution in [3.63, 3.8) is 0 Å². The minimum absolute atomic E-state index is 0.00956. The Morgan fingerprint density at radius 3 is 1.98 bits per heavy atom. The number of carbonyl (C=O) groups is 3. The number of fused-ring (bicyclic) bond motifs is 1. The molecule has 0 radical (unpaired) electrons. The van der Waals surface area contributed by atoms with Crippen LogP contribution in [0.5, 0.6) is 5.88 Å². The number of hydrogen-bond donors (Lipinski definition) is 2. The second-order valence-corrected chi connectivity index (χ2v) is 16.3. The molecule has 2 atom stereocenters. The second kappa shape index (κ2) is 27.8. The van der Waals surface area contributed by atoms with Crippen LogP contribution in [0.15, 0.2) is 67.0 Å². The highest BCUT2D eigenvalue weighted by Gasteiger charge is 2.25. The second-order valence-electron chi connectivity index (χ2n) is 16.3. The molecule has 4 aromatic rings. The minimum Gasteiger partial charge on any atom is -0.471 e. The molecule has 0 spiro atoms. The van der Waals surface area contributed by atoms with Gasteiger partial charge in [0, 0.05) is 24.4 Å². The number of ketones is 1. The van der Waals surface area contributed by atoms with E-state index in [0.717, 1.165) is 24.8 Å². The maximum Gasteiger partial charge on any atom is 0.323 e. The predicted octanol–water partition coefficient (Wildman–Crippen LogP) is 9.84. The number of ether oxygens (including phenoxy) is 3. The molecule has 4 rings (SSSR count). The van der Waals surface area contributed by atoms with Gasteiger partial charge in [0.1, 0.15) is 12.6 Å². The van der Waals surface area contributed by atoms with Gasteiger partial charge in [-0.25, -0.2) is 4.98 Å². The maximum absolute atomic E-state index is 13.3. The van der Waals surface area contributed by atoms with Gasteiger partial charge in [0.25, 0.3) is 0 Å². The zero-order valence-corrected chi connectivity index (χ0v) is 36.5. The van der Waals surface area contributed by atoms with Crippen LogP contribution >= 0.6 is 0 Å². The van der Waals surface area contributed by atoms with E-state index in [2.05, 4.69) is 27.2 Å². The van der Waals surface area contributed by atoms with Crippen LogP contribution in [0.3, 0.4) is 0 Å². The number of Topliss-reactive ketones (excluding diaryl/α,β-unsaturated/α-hetero) is 1. The van der Waals surface area contributed by atoms with Crippen molar-refractivity contribution in [2.24, 2.45) is 11.8 Å². The Bertz CT molecular complexity index is 1820. The van der Waals surface area contributed by atoms with Gasteiger partial charge in [-0.05, 0) is 24.3 Å². The molecule has 0 saturated heterocycles. The number of nitrogens with two attached hydrogens (primary N) is 1. The molecule has 0 bridgehead atoms. The first kappa shape index (κ1) is 47.8. The van der Waals surface area contributed by atoms with Gasteiger partial charge in [-0.3, -0.25) is 19.7 Å². The Morgan fingerprint density at radius 1 is 0.767 bits per heavy atom. The summed E-state index contributed by atoms with van der Waals surface area (Å²) >= 11 is 0. The summed E-state index contributed by atoms with van der Waals surface area (Å²) in [5.41, 5.74) is 8.63. The van der Waals surface area contributed by atoms with Crippen LogP contribution in [0.25, 0.3) is 11.2 Å². The first-order valence-electron chi connectivity index (χ1n) is 22.5. The predicted molar refractivity (Wildman–Crippen MR) is 237 cm³/mol. The number of benzene rings is 2. The maximum atomic E-state index is 13.3. The van der Waals surface area contributed by atoms with E-state index in [1.165, 1.54) is 77.0 Å². The topological polar surface area (TPSA) is 161 Å². The number of unbranched alkanes of at least 4 members (excludes halogenated alkanes) is 14. The molecular weight excluding hydrogens is 757 g/mol. The number of nitrogens with zero attached hydrogens (tertiary/aromatic N) is 4. The van der Waals surface area contributed by atoms with Crippen LogP contribution in [-0.2, 0) is 32.2 Å². The van der Waals surface area contributed by atoms with Crippen molar-refractivity contribution in [1.82, 2.24) is 24.8 Å². The van der Waals surface area contributed by atoms with E-state index in [4.69, 9.17) is 19.9 Å². The molecule has 328 valence electrons. The first-order chi connectivity index (χ1) is 29.2. The number of nitrogens with one attached hydrogen (secondary N) is 1. The van der Waals surface area contributed by atoms with Crippen molar-refractivity contribution in [3.8, 4) is 5.88 Å². The number of hydrogen-bond acceptors (Lipinski definition) is 11. The Hall–Kier alpha value is -4.84. The van der Waals surface area contributed by atoms with E-state index in [9.17, 15) is 14.4 Å². The van der Waals surface area contributed by atoms with Crippen LogP contribution in [0.4, 0.5) is 5.95 Å². The van der Waals surface area contributed by atoms with Gasteiger partial charge in [0.05, 0.1) is 26.1 Å². The smallest absolute Gasteiger partial charge is 0.323 e. The van der Waals surface area contributed by atoms with Gasteiger partial charge < -0.3 is 24.5 Å². The molecule has 12 nitrogen and oxygen atoms in total. The Balaban J connectivity index is 1.27. The van der Waals surface area contributed by atoms with Crippen molar-refractivity contribution in [3.05, 3.63) is 78.1 Å². The summed E-state index contributed by atoms with van der Waals surface area (Å²) in [6, 6.07) is 18.0. The molecule has 12 heteroatoms. The Morgan fingerprint density at radius 2 is 1.37 bits per heavy atom. The highest BCUT2D eigenvalue weighted by molar-refractivity contribution is 5.97. The van der Waals surface area contributed by atoms with Gasteiger partial charge in [-0.2, -0.15) is 9.97 Å². The third kappa shape index (κ3) is 17.8. The van der Waals surface area contributed by atoms with Gasteiger partial charge >= 0.3 is 11.9 Å². The molecule has 2 aromatic carbocycles. The molecular formula is C48H70N6O6. The minimum atomic E-state index is -0.671. The van der Waals surface area contributed by atoms with Gasteiger partial charge in [-0.15, -0.1) is 0 Å². The number of nitrogen functional groups attached to an aromatic ring is 1. The SMILES string of the molecule is CCCCCCCCCCCCCCCCCC(=O)OC[C@H](CCOC(=O)[C@@H](NCC(=O)c1ccccc1)C(C)C)Cn1cnc2c(OCc3ccccc3)nc(N)nc21. The molecule has 60 heavy (non-hydrogen) atoms. The molecule has 0 unspecified atom stereocenters. The molecule has 3 N–H and O–H groups in total. The molecule has 0 aliphatic heterocycles. The van der Waals surface area contributed by atoms with Crippen molar-refractivity contribution < 1.29 is 28.6 Å². The third-order valence-electron chi connectivity index (χ3n) is 10.9. The fourth-order valence-corrected chi connectivity index (χ4v) is 7.26. The lowest BCUT2D eigenvalue weighted by Crippen LogP contribution is -2.44. The number of aromatic nitrogens is 4. The lowest BCUT2D eigenvalue weighted by molar-refractivity contribution is -0.150. The highest BCUT2D eigenvalue weighted by atomic mass is 16.5. The summed E-state index contributed by atoms with van der Waals surface area (Å²) in [5, 5.41) is 3.09. The molecule has 2 heterocycles. The van der Waals surface area contributed by atoms with Crippen LogP contribution < -0.4 is 15.8 Å². The lowest BCUT2D eigenvalue weighted by Gasteiger charge is -2.22. The molecule has 0 fully saturated rings. The van der Waals surface area contributed by atoms with E-state index in [1.54, 1.807) is 18.5 Å².